The number of ether oxygens (including phenoxy) is 1. The minimum absolute atomic E-state index is 0.187. The van der Waals surface area contributed by atoms with Crippen LogP contribution in [0.1, 0.15) is 49.3 Å². The van der Waals surface area contributed by atoms with Crippen LogP contribution in [0.5, 0.6) is 5.75 Å². The van der Waals surface area contributed by atoms with Crippen molar-refractivity contribution in [1.29, 1.82) is 0 Å². The summed E-state index contributed by atoms with van der Waals surface area (Å²) >= 11 is 6.44. The van der Waals surface area contributed by atoms with Gasteiger partial charge in [-0.05, 0) is 116 Å². The largest absolute Gasteiger partial charge is 0.573 e. The van der Waals surface area contributed by atoms with Gasteiger partial charge in [0.2, 0.25) is 0 Å². The van der Waals surface area contributed by atoms with Gasteiger partial charge in [0.25, 0.3) is 0 Å². The Morgan fingerprint density at radius 3 is 2.36 bits per heavy atom. The maximum atomic E-state index is 12.9. The summed E-state index contributed by atoms with van der Waals surface area (Å²) in [4.78, 5) is 5.13. The first-order valence-electron chi connectivity index (χ1n) is 16.0. The number of likely N-dealkylation sites (tertiary alicyclic amines) is 2. The van der Waals surface area contributed by atoms with Crippen LogP contribution in [0.4, 0.5) is 13.2 Å². The van der Waals surface area contributed by atoms with Gasteiger partial charge in [0.05, 0.1) is 0 Å². The number of fused-ring (bicyclic) bond motifs is 1. The third kappa shape index (κ3) is 7.35. The number of aromatic nitrogens is 1. The summed E-state index contributed by atoms with van der Waals surface area (Å²) in [5.41, 5.74) is 12.6. The second-order valence-electron chi connectivity index (χ2n) is 12.8. The number of nitrogens with zero attached hydrogens (tertiary/aromatic N) is 3. The average molecular weight is 639 g/mol. The SMILES string of the molecule is CCc1cc(OC(F)(F)F)ccc1-c1cn(CCCN)c2ccc(CN3CCC4(CC3)CCN(Cc3ccccc3Cl)C4)cc12. The molecule has 2 aliphatic heterocycles. The van der Waals surface area contributed by atoms with Crippen molar-refractivity contribution in [3.8, 4) is 16.9 Å². The molecule has 9 heteroatoms. The van der Waals surface area contributed by atoms with Crippen LogP contribution >= 0.6 is 11.6 Å². The molecule has 0 aliphatic carbocycles. The van der Waals surface area contributed by atoms with Crippen LogP contribution in [-0.4, -0.2) is 53.5 Å². The lowest BCUT2D eigenvalue weighted by atomic mass is 9.77. The Morgan fingerprint density at radius 1 is 0.889 bits per heavy atom. The van der Waals surface area contributed by atoms with Crippen LogP contribution in [0.3, 0.4) is 0 Å². The number of benzene rings is 3. The number of piperidine rings is 1. The first-order chi connectivity index (χ1) is 21.6. The summed E-state index contributed by atoms with van der Waals surface area (Å²) in [6.07, 6.45) is 2.47. The highest BCUT2D eigenvalue weighted by Crippen LogP contribution is 2.42. The Labute approximate surface area is 268 Å². The molecule has 0 atom stereocenters. The molecule has 0 amide bonds. The molecule has 0 radical (unpaired) electrons. The molecule has 0 unspecified atom stereocenters. The Morgan fingerprint density at radius 2 is 1.64 bits per heavy atom. The van der Waals surface area contributed by atoms with E-state index in [1.54, 1.807) is 6.07 Å². The summed E-state index contributed by atoms with van der Waals surface area (Å²) in [7, 11) is 0. The zero-order chi connectivity index (χ0) is 31.6. The second-order valence-corrected chi connectivity index (χ2v) is 13.2. The summed E-state index contributed by atoms with van der Waals surface area (Å²) in [5.74, 6) is -0.187. The molecule has 2 fully saturated rings. The van der Waals surface area contributed by atoms with Crippen LogP contribution in [0, 0.1) is 5.41 Å². The second kappa shape index (κ2) is 13.4. The number of rotatable bonds is 10. The van der Waals surface area contributed by atoms with Gasteiger partial charge in [0.1, 0.15) is 5.75 Å². The number of hydrogen-bond donors (Lipinski definition) is 1. The molecule has 1 aromatic heterocycles. The van der Waals surface area contributed by atoms with Crippen LogP contribution in [0.15, 0.2) is 66.9 Å². The Kier molecular flexibility index (Phi) is 9.48. The molecule has 2 saturated heterocycles. The monoisotopic (exact) mass is 638 g/mol. The van der Waals surface area contributed by atoms with Gasteiger partial charge < -0.3 is 15.0 Å². The minimum atomic E-state index is -4.72. The van der Waals surface area contributed by atoms with Gasteiger partial charge in [-0.3, -0.25) is 9.80 Å². The van der Waals surface area contributed by atoms with Gasteiger partial charge in [-0.25, -0.2) is 0 Å². The van der Waals surface area contributed by atoms with E-state index >= 15 is 0 Å². The molecule has 6 rings (SSSR count). The topological polar surface area (TPSA) is 46.7 Å². The average Bonchev–Trinajstić information content (AvgIpc) is 3.58. The van der Waals surface area contributed by atoms with Crippen molar-refractivity contribution in [3.63, 3.8) is 0 Å². The van der Waals surface area contributed by atoms with Crippen LogP contribution in [-0.2, 0) is 26.1 Å². The standard InChI is InChI=1S/C36H42ClF3N4O/c1-2-27-21-29(45-36(38,39)40)9-10-30(27)32-24-44(16-5-15-41)34-11-8-26(20-31(32)34)22-42-17-12-35(13-18-42)14-19-43(25-35)23-28-6-3-4-7-33(28)37/h3-4,6-11,20-21,24H,2,5,12-19,22-23,25,41H2,1H3. The maximum absolute atomic E-state index is 12.9. The normalized spacial score (nSPS) is 17.5. The predicted molar refractivity (Wildman–Crippen MR) is 175 cm³/mol. The van der Waals surface area contributed by atoms with Crippen molar-refractivity contribution in [3.05, 3.63) is 88.6 Å². The number of halogens is 4. The van der Waals surface area contributed by atoms with Crippen LogP contribution < -0.4 is 10.5 Å². The molecular formula is C36H42ClF3N4O. The predicted octanol–water partition coefficient (Wildman–Crippen LogP) is 8.26. The van der Waals surface area contributed by atoms with Gasteiger partial charge in [-0.15, -0.1) is 13.2 Å². The first-order valence-corrected chi connectivity index (χ1v) is 16.4. The highest BCUT2D eigenvalue weighted by atomic mass is 35.5. The highest BCUT2D eigenvalue weighted by Gasteiger charge is 2.40. The molecule has 1 spiro atoms. The molecule has 240 valence electrons. The van der Waals surface area contributed by atoms with E-state index in [2.05, 4.69) is 55.6 Å². The van der Waals surface area contributed by atoms with Gasteiger partial charge in [-0.2, -0.15) is 0 Å². The zero-order valence-electron chi connectivity index (χ0n) is 25.9. The minimum Gasteiger partial charge on any atom is -0.406 e. The van der Waals surface area contributed by atoms with Crippen molar-refractivity contribution in [2.75, 3.05) is 32.7 Å². The molecule has 45 heavy (non-hydrogen) atoms. The van der Waals surface area contributed by atoms with Gasteiger partial charge in [-0.1, -0.05) is 48.9 Å². The van der Waals surface area contributed by atoms with Crippen molar-refractivity contribution >= 4 is 22.5 Å². The first kappa shape index (κ1) is 31.9. The van der Waals surface area contributed by atoms with Crippen molar-refractivity contribution in [2.45, 2.75) is 65.0 Å². The fourth-order valence-electron chi connectivity index (χ4n) is 7.31. The van der Waals surface area contributed by atoms with Crippen molar-refractivity contribution in [2.24, 2.45) is 11.1 Å². The van der Waals surface area contributed by atoms with E-state index in [9.17, 15) is 13.2 Å². The fraction of sp³-hybridized carbons (Fsp3) is 0.444. The lowest BCUT2D eigenvalue weighted by molar-refractivity contribution is -0.274. The zero-order valence-corrected chi connectivity index (χ0v) is 26.6. The molecule has 2 N–H and O–H groups in total. The van der Waals surface area contributed by atoms with E-state index in [1.165, 1.54) is 42.5 Å². The smallest absolute Gasteiger partial charge is 0.406 e. The van der Waals surface area contributed by atoms with Gasteiger partial charge in [0.15, 0.2) is 0 Å². The lowest BCUT2D eigenvalue weighted by Gasteiger charge is -2.39. The van der Waals surface area contributed by atoms with Gasteiger partial charge >= 0.3 is 6.36 Å². The van der Waals surface area contributed by atoms with Crippen molar-refractivity contribution in [1.82, 2.24) is 14.4 Å². The van der Waals surface area contributed by atoms with E-state index in [4.69, 9.17) is 17.3 Å². The third-order valence-corrected chi connectivity index (χ3v) is 10.1. The molecule has 5 nitrogen and oxygen atoms in total. The third-order valence-electron chi connectivity index (χ3n) is 9.72. The lowest BCUT2D eigenvalue weighted by Crippen LogP contribution is -2.41. The molecule has 0 bridgehead atoms. The Balaban J connectivity index is 1.18. The molecule has 3 aromatic carbocycles. The van der Waals surface area contributed by atoms with E-state index in [1.807, 2.05) is 19.1 Å². The molecule has 3 heterocycles. The van der Waals surface area contributed by atoms with E-state index in [-0.39, 0.29) is 5.75 Å². The maximum Gasteiger partial charge on any atom is 0.573 e. The summed E-state index contributed by atoms with van der Waals surface area (Å²) in [6.45, 7) is 9.51. The van der Waals surface area contributed by atoms with Gasteiger partial charge in [0, 0.05) is 53.9 Å². The molecule has 4 aromatic rings. The quantitative estimate of drug-likeness (QED) is 0.190. The summed E-state index contributed by atoms with van der Waals surface area (Å²) in [6, 6.07) is 19.5. The van der Waals surface area contributed by atoms with Crippen LogP contribution in [0.25, 0.3) is 22.0 Å². The molecule has 2 aliphatic rings. The van der Waals surface area contributed by atoms with E-state index in [0.29, 0.717) is 18.4 Å². The van der Waals surface area contributed by atoms with E-state index in [0.717, 1.165) is 84.9 Å². The number of alkyl halides is 3. The number of nitrogens with two attached hydrogens (primary N) is 1. The number of aryl methyl sites for hydroxylation is 2. The highest BCUT2D eigenvalue weighted by molar-refractivity contribution is 6.31. The van der Waals surface area contributed by atoms with E-state index < -0.39 is 6.36 Å². The number of hydrogen-bond acceptors (Lipinski definition) is 4. The Hall–Kier alpha value is -3.04. The summed E-state index contributed by atoms with van der Waals surface area (Å²) < 4.78 is 45.2. The fourth-order valence-corrected chi connectivity index (χ4v) is 7.50. The summed E-state index contributed by atoms with van der Waals surface area (Å²) in [5, 5.41) is 1.96. The molecule has 0 saturated carbocycles. The molecular weight excluding hydrogens is 597 g/mol. The van der Waals surface area contributed by atoms with Crippen molar-refractivity contribution < 1.29 is 17.9 Å². The van der Waals surface area contributed by atoms with Crippen LogP contribution in [0.2, 0.25) is 5.02 Å². The Bertz CT molecular complexity index is 1630.